The lowest BCUT2D eigenvalue weighted by molar-refractivity contribution is 0.0631. The first-order valence-electron chi connectivity index (χ1n) is 8.08. The number of hydrogen-bond donors (Lipinski definition) is 0. The Morgan fingerprint density at radius 1 is 1.23 bits per heavy atom. The fourth-order valence-electron chi connectivity index (χ4n) is 3.34. The topological polar surface area (TPSA) is 51.4 Å². The number of thiophene rings is 1. The number of aromatic nitrogens is 2. The Balaban J connectivity index is 1.33. The highest BCUT2D eigenvalue weighted by Crippen LogP contribution is 2.30. The summed E-state index contributed by atoms with van der Waals surface area (Å²) in [6.45, 7) is 4.21. The van der Waals surface area contributed by atoms with Crippen molar-refractivity contribution in [3.8, 4) is 11.5 Å². The van der Waals surface area contributed by atoms with Crippen LogP contribution in [0.15, 0.2) is 21.2 Å². The zero-order valence-electron chi connectivity index (χ0n) is 12.6. The van der Waals surface area contributed by atoms with Crippen LogP contribution in [-0.2, 0) is 4.74 Å². The van der Waals surface area contributed by atoms with Crippen LogP contribution in [0.3, 0.4) is 0 Å². The first kappa shape index (κ1) is 14.4. The molecule has 2 aliphatic heterocycles. The van der Waals surface area contributed by atoms with Crippen molar-refractivity contribution in [2.24, 2.45) is 0 Å². The van der Waals surface area contributed by atoms with Gasteiger partial charge in [0.15, 0.2) is 0 Å². The van der Waals surface area contributed by atoms with Gasteiger partial charge < -0.3 is 14.1 Å². The number of rotatable bonds is 4. The van der Waals surface area contributed by atoms with Gasteiger partial charge in [-0.1, -0.05) is 0 Å². The summed E-state index contributed by atoms with van der Waals surface area (Å²) in [4.78, 5) is 2.52. The van der Waals surface area contributed by atoms with E-state index in [9.17, 15) is 0 Å². The fraction of sp³-hybridized carbons (Fsp3) is 0.625. The summed E-state index contributed by atoms with van der Waals surface area (Å²) >= 11 is 1.65. The largest absolute Gasteiger partial charge is 0.420 e. The highest BCUT2D eigenvalue weighted by molar-refractivity contribution is 7.08. The number of likely N-dealkylation sites (tertiary alicyclic amines) is 1. The van der Waals surface area contributed by atoms with Gasteiger partial charge in [-0.05, 0) is 50.2 Å². The van der Waals surface area contributed by atoms with Crippen LogP contribution in [-0.4, -0.2) is 47.4 Å². The van der Waals surface area contributed by atoms with Gasteiger partial charge in [0, 0.05) is 30.0 Å². The van der Waals surface area contributed by atoms with Crippen LogP contribution in [0, 0.1) is 0 Å². The Morgan fingerprint density at radius 3 is 2.86 bits per heavy atom. The lowest BCUT2D eigenvalue weighted by Gasteiger charge is -2.31. The first-order chi connectivity index (χ1) is 10.9. The molecule has 2 aliphatic rings. The second kappa shape index (κ2) is 6.48. The molecule has 1 atom stereocenters. The Hall–Kier alpha value is -1.24. The third-order valence-corrected chi connectivity index (χ3v) is 5.31. The molecule has 0 bridgehead atoms. The summed E-state index contributed by atoms with van der Waals surface area (Å²) < 4.78 is 11.6. The SMILES string of the molecule is c1cc(-c2nnc(C3CCN(CC4CCCO4)CC3)o2)cs1. The Kier molecular flexibility index (Phi) is 4.23. The third-order valence-electron chi connectivity index (χ3n) is 4.63. The minimum Gasteiger partial charge on any atom is -0.420 e. The minimum atomic E-state index is 0.403. The monoisotopic (exact) mass is 319 g/mol. The van der Waals surface area contributed by atoms with Crippen LogP contribution in [0.2, 0.25) is 0 Å². The first-order valence-corrected chi connectivity index (χ1v) is 9.03. The van der Waals surface area contributed by atoms with Crippen LogP contribution in [0.5, 0.6) is 0 Å². The van der Waals surface area contributed by atoms with Crippen molar-refractivity contribution in [1.29, 1.82) is 0 Å². The average Bonchev–Trinajstić information content (AvgIpc) is 3.30. The van der Waals surface area contributed by atoms with Crippen LogP contribution in [0.1, 0.15) is 37.5 Å². The standard InChI is InChI=1S/C16H21N3O2S/c1-2-14(20-8-1)10-19-6-3-12(4-7-19)15-17-18-16(21-15)13-5-9-22-11-13/h5,9,11-12,14H,1-4,6-8,10H2. The van der Waals surface area contributed by atoms with Gasteiger partial charge in [-0.3, -0.25) is 0 Å². The number of ether oxygens (including phenoxy) is 1. The van der Waals surface area contributed by atoms with E-state index < -0.39 is 0 Å². The molecule has 0 aromatic carbocycles. The van der Waals surface area contributed by atoms with E-state index >= 15 is 0 Å². The summed E-state index contributed by atoms with van der Waals surface area (Å²) in [5.74, 6) is 1.86. The smallest absolute Gasteiger partial charge is 0.248 e. The number of nitrogens with zero attached hydrogens (tertiary/aromatic N) is 3. The Morgan fingerprint density at radius 2 is 2.14 bits per heavy atom. The molecule has 0 spiro atoms. The summed E-state index contributed by atoms with van der Waals surface area (Å²) in [6, 6.07) is 2.02. The molecule has 2 aromatic heterocycles. The zero-order chi connectivity index (χ0) is 14.8. The molecule has 0 aliphatic carbocycles. The Bertz CT molecular complexity index is 584. The molecule has 2 saturated heterocycles. The predicted octanol–water partition coefficient (Wildman–Crippen LogP) is 3.16. The van der Waals surface area contributed by atoms with Gasteiger partial charge in [0.1, 0.15) is 0 Å². The lowest BCUT2D eigenvalue weighted by atomic mass is 9.96. The molecule has 0 amide bonds. The average molecular weight is 319 g/mol. The molecule has 4 heterocycles. The quantitative estimate of drug-likeness (QED) is 0.866. The van der Waals surface area contributed by atoms with Gasteiger partial charge in [-0.2, -0.15) is 11.3 Å². The number of hydrogen-bond acceptors (Lipinski definition) is 6. The van der Waals surface area contributed by atoms with Gasteiger partial charge in [0.05, 0.1) is 6.10 Å². The molecule has 118 valence electrons. The van der Waals surface area contributed by atoms with Crippen molar-refractivity contribution in [2.75, 3.05) is 26.2 Å². The van der Waals surface area contributed by atoms with Gasteiger partial charge >= 0.3 is 0 Å². The minimum absolute atomic E-state index is 0.403. The maximum absolute atomic E-state index is 5.88. The molecule has 2 aromatic rings. The van der Waals surface area contributed by atoms with E-state index in [2.05, 4.69) is 15.1 Å². The highest BCUT2D eigenvalue weighted by atomic mass is 32.1. The van der Waals surface area contributed by atoms with Crippen LogP contribution >= 0.6 is 11.3 Å². The van der Waals surface area contributed by atoms with Crippen LogP contribution < -0.4 is 0 Å². The normalized spacial score (nSPS) is 24.1. The van der Waals surface area contributed by atoms with E-state index in [0.29, 0.717) is 17.9 Å². The molecule has 0 N–H and O–H groups in total. The zero-order valence-corrected chi connectivity index (χ0v) is 13.4. The van der Waals surface area contributed by atoms with Crippen molar-refractivity contribution >= 4 is 11.3 Å². The fourth-order valence-corrected chi connectivity index (χ4v) is 3.97. The van der Waals surface area contributed by atoms with Crippen LogP contribution in [0.25, 0.3) is 11.5 Å². The second-order valence-electron chi connectivity index (χ2n) is 6.17. The summed E-state index contributed by atoms with van der Waals surface area (Å²) in [5, 5.41) is 12.5. The Labute approximate surface area is 134 Å². The molecule has 0 saturated carbocycles. The van der Waals surface area contributed by atoms with Crippen molar-refractivity contribution in [3.05, 3.63) is 22.7 Å². The highest BCUT2D eigenvalue weighted by Gasteiger charge is 2.27. The molecule has 4 rings (SSSR count). The van der Waals surface area contributed by atoms with Crippen molar-refractivity contribution in [2.45, 2.75) is 37.7 Å². The van der Waals surface area contributed by atoms with Gasteiger partial charge in [0.25, 0.3) is 0 Å². The summed E-state index contributed by atoms with van der Waals surface area (Å²) in [5.41, 5.74) is 1.03. The van der Waals surface area contributed by atoms with Crippen LogP contribution in [0.4, 0.5) is 0 Å². The molecule has 1 unspecified atom stereocenters. The molecule has 22 heavy (non-hydrogen) atoms. The molecule has 6 heteroatoms. The van der Waals surface area contributed by atoms with E-state index in [1.807, 2.05) is 16.8 Å². The van der Waals surface area contributed by atoms with Gasteiger partial charge in [-0.25, -0.2) is 0 Å². The van der Waals surface area contributed by atoms with Crippen molar-refractivity contribution in [1.82, 2.24) is 15.1 Å². The third kappa shape index (κ3) is 3.09. The maximum Gasteiger partial charge on any atom is 0.248 e. The number of piperidine rings is 1. The van der Waals surface area contributed by atoms with Crippen molar-refractivity contribution < 1.29 is 9.15 Å². The van der Waals surface area contributed by atoms with E-state index in [4.69, 9.17) is 9.15 Å². The van der Waals surface area contributed by atoms with E-state index in [1.54, 1.807) is 11.3 Å². The van der Waals surface area contributed by atoms with E-state index in [0.717, 1.165) is 50.5 Å². The summed E-state index contributed by atoms with van der Waals surface area (Å²) in [6.07, 6.45) is 5.07. The van der Waals surface area contributed by atoms with Gasteiger partial charge in [0.2, 0.25) is 11.8 Å². The maximum atomic E-state index is 5.88. The molecule has 5 nitrogen and oxygen atoms in total. The summed E-state index contributed by atoms with van der Waals surface area (Å²) in [7, 11) is 0. The lowest BCUT2D eigenvalue weighted by Crippen LogP contribution is -2.38. The van der Waals surface area contributed by atoms with E-state index in [-0.39, 0.29) is 0 Å². The van der Waals surface area contributed by atoms with Crippen molar-refractivity contribution in [3.63, 3.8) is 0 Å². The predicted molar refractivity (Wildman–Crippen MR) is 85.0 cm³/mol. The molecule has 2 fully saturated rings. The second-order valence-corrected chi connectivity index (χ2v) is 6.95. The molecular weight excluding hydrogens is 298 g/mol. The van der Waals surface area contributed by atoms with E-state index in [1.165, 1.54) is 12.8 Å². The van der Waals surface area contributed by atoms with Gasteiger partial charge in [-0.15, -0.1) is 10.2 Å². The molecule has 0 radical (unpaired) electrons. The molecular formula is C16H21N3O2S.